The van der Waals surface area contributed by atoms with E-state index in [9.17, 15) is 4.79 Å². The van der Waals surface area contributed by atoms with Crippen molar-refractivity contribution in [2.24, 2.45) is 0 Å². The van der Waals surface area contributed by atoms with Crippen LogP contribution >= 0.6 is 0 Å². The maximum absolute atomic E-state index is 12.6. The summed E-state index contributed by atoms with van der Waals surface area (Å²) in [6.07, 6.45) is 4.33. The van der Waals surface area contributed by atoms with E-state index in [4.69, 9.17) is 9.47 Å². The van der Waals surface area contributed by atoms with Gasteiger partial charge in [-0.3, -0.25) is 9.78 Å². The van der Waals surface area contributed by atoms with Gasteiger partial charge in [-0.05, 0) is 35.7 Å². The molecule has 1 aromatic heterocycles. The number of hydrogen-bond donors (Lipinski definition) is 0. The molecule has 1 aliphatic heterocycles. The first-order chi connectivity index (χ1) is 13.3. The van der Waals surface area contributed by atoms with Gasteiger partial charge in [-0.25, -0.2) is 0 Å². The van der Waals surface area contributed by atoms with Gasteiger partial charge in [0.1, 0.15) is 6.61 Å². The van der Waals surface area contributed by atoms with Gasteiger partial charge in [0, 0.05) is 12.7 Å². The van der Waals surface area contributed by atoms with Gasteiger partial charge < -0.3 is 14.4 Å². The van der Waals surface area contributed by atoms with Crippen LogP contribution in [0.1, 0.15) is 11.1 Å². The molecule has 4 rings (SSSR count). The van der Waals surface area contributed by atoms with E-state index < -0.39 is 0 Å². The van der Waals surface area contributed by atoms with E-state index in [1.165, 1.54) is 0 Å². The van der Waals surface area contributed by atoms with Gasteiger partial charge in [0.15, 0.2) is 18.1 Å². The standard InChI is InChI=1S/C22H20N2O3/c25-22(24-13-11-18-10-12-23-14-19(18)24)16-27-21-9-5-4-8-20(21)26-15-17-6-2-1-3-7-17/h1-10,12,14H,11,13,15-16H2. The summed E-state index contributed by atoms with van der Waals surface area (Å²) in [5.74, 6) is 1.10. The Morgan fingerprint density at radius 1 is 0.963 bits per heavy atom. The van der Waals surface area contributed by atoms with Crippen LogP contribution in [0.15, 0.2) is 73.1 Å². The summed E-state index contributed by atoms with van der Waals surface area (Å²) in [6.45, 7) is 1.07. The molecule has 0 spiro atoms. The van der Waals surface area contributed by atoms with Crippen LogP contribution in [0.2, 0.25) is 0 Å². The molecule has 5 heteroatoms. The molecule has 1 aliphatic rings. The molecule has 3 aromatic rings. The second kappa shape index (κ2) is 7.91. The maximum Gasteiger partial charge on any atom is 0.264 e. The van der Waals surface area contributed by atoms with Crippen molar-refractivity contribution in [1.82, 2.24) is 4.98 Å². The van der Waals surface area contributed by atoms with Gasteiger partial charge in [0.2, 0.25) is 0 Å². The third-order valence-electron chi connectivity index (χ3n) is 4.52. The number of fused-ring (bicyclic) bond motifs is 1. The van der Waals surface area contributed by atoms with Crippen LogP contribution < -0.4 is 14.4 Å². The lowest BCUT2D eigenvalue weighted by Crippen LogP contribution is -2.33. The van der Waals surface area contributed by atoms with Crippen molar-refractivity contribution in [2.45, 2.75) is 13.0 Å². The summed E-state index contributed by atoms with van der Waals surface area (Å²) in [6, 6.07) is 19.3. The van der Waals surface area contributed by atoms with Crippen molar-refractivity contribution in [3.63, 3.8) is 0 Å². The number of ether oxygens (including phenoxy) is 2. The van der Waals surface area contributed by atoms with E-state index in [-0.39, 0.29) is 12.5 Å². The number of amides is 1. The van der Waals surface area contributed by atoms with Crippen LogP contribution in [-0.2, 0) is 17.8 Å². The smallest absolute Gasteiger partial charge is 0.264 e. The summed E-state index contributed by atoms with van der Waals surface area (Å²) in [4.78, 5) is 18.5. The number of carbonyl (C=O) groups is 1. The highest BCUT2D eigenvalue weighted by atomic mass is 16.5. The summed E-state index contributed by atoms with van der Waals surface area (Å²) >= 11 is 0. The zero-order valence-corrected chi connectivity index (χ0v) is 14.9. The Labute approximate surface area is 158 Å². The first-order valence-corrected chi connectivity index (χ1v) is 8.93. The van der Waals surface area contributed by atoms with Crippen LogP contribution in [0, 0.1) is 0 Å². The third-order valence-corrected chi connectivity index (χ3v) is 4.52. The van der Waals surface area contributed by atoms with Crippen molar-refractivity contribution in [2.75, 3.05) is 18.1 Å². The van der Waals surface area contributed by atoms with E-state index in [0.717, 1.165) is 23.2 Å². The molecule has 2 aromatic carbocycles. The third kappa shape index (κ3) is 3.92. The predicted molar refractivity (Wildman–Crippen MR) is 103 cm³/mol. The number of aromatic nitrogens is 1. The molecule has 0 aliphatic carbocycles. The molecule has 0 fully saturated rings. The van der Waals surface area contributed by atoms with Crippen molar-refractivity contribution < 1.29 is 14.3 Å². The molecule has 5 nitrogen and oxygen atoms in total. The molecule has 0 saturated heterocycles. The number of pyridine rings is 1. The van der Waals surface area contributed by atoms with E-state index in [2.05, 4.69) is 4.98 Å². The SMILES string of the molecule is O=C(COc1ccccc1OCc1ccccc1)N1CCc2ccncc21. The van der Waals surface area contributed by atoms with E-state index >= 15 is 0 Å². The first kappa shape index (κ1) is 17.1. The van der Waals surface area contributed by atoms with Crippen LogP contribution in [0.25, 0.3) is 0 Å². The average molecular weight is 360 g/mol. The molecule has 0 N–H and O–H groups in total. The van der Waals surface area contributed by atoms with Crippen molar-refractivity contribution in [1.29, 1.82) is 0 Å². The first-order valence-electron chi connectivity index (χ1n) is 8.93. The van der Waals surface area contributed by atoms with Gasteiger partial charge in [0.25, 0.3) is 5.91 Å². The minimum atomic E-state index is -0.0837. The number of hydrogen-bond acceptors (Lipinski definition) is 4. The lowest BCUT2D eigenvalue weighted by Gasteiger charge is -2.18. The van der Waals surface area contributed by atoms with Crippen molar-refractivity contribution >= 4 is 11.6 Å². The topological polar surface area (TPSA) is 51.7 Å². The quantitative estimate of drug-likeness (QED) is 0.674. The Morgan fingerprint density at radius 3 is 2.52 bits per heavy atom. The minimum Gasteiger partial charge on any atom is -0.485 e. The molecular weight excluding hydrogens is 340 g/mol. The second-order valence-corrected chi connectivity index (χ2v) is 6.31. The van der Waals surface area contributed by atoms with Crippen molar-refractivity contribution in [3.8, 4) is 11.5 Å². The van der Waals surface area contributed by atoms with E-state index in [1.807, 2.05) is 60.7 Å². The lowest BCUT2D eigenvalue weighted by atomic mass is 10.2. The van der Waals surface area contributed by atoms with Crippen molar-refractivity contribution in [3.05, 3.63) is 84.2 Å². The zero-order chi connectivity index (χ0) is 18.5. The molecular formula is C22H20N2O3. The Balaban J connectivity index is 1.39. The summed E-state index contributed by atoms with van der Waals surface area (Å²) < 4.78 is 11.7. The van der Waals surface area contributed by atoms with Gasteiger partial charge in [-0.1, -0.05) is 42.5 Å². The number of carbonyl (C=O) groups excluding carboxylic acids is 1. The highest BCUT2D eigenvalue weighted by Crippen LogP contribution is 2.29. The summed E-state index contributed by atoms with van der Waals surface area (Å²) in [5.41, 5.74) is 3.09. The van der Waals surface area contributed by atoms with Gasteiger partial charge in [-0.15, -0.1) is 0 Å². The number of anilines is 1. The van der Waals surface area contributed by atoms with Gasteiger partial charge >= 0.3 is 0 Å². The molecule has 2 heterocycles. The van der Waals surface area contributed by atoms with Crippen LogP contribution in [0.5, 0.6) is 11.5 Å². The zero-order valence-electron chi connectivity index (χ0n) is 14.9. The molecule has 0 unspecified atom stereocenters. The maximum atomic E-state index is 12.6. The lowest BCUT2D eigenvalue weighted by molar-refractivity contribution is -0.120. The fourth-order valence-electron chi connectivity index (χ4n) is 3.12. The average Bonchev–Trinajstić information content (AvgIpc) is 3.16. The molecule has 136 valence electrons. The largest absolute Gasteiger partial charge is 0.485 e. The van der Waals surface area contributed by atoms with Crippen LogP contribution in [0.4, 0.5) is 5.69 Å². The Kier molecular flexibility index (Phi) is 5.01. The highest BCUT2D eigenvalue weighted by molar-refractivity contribution is 5.96. The molecule has 1 amide bonds. The van der Waals surface area contributed by atoms with Crippen LogP contribution in [0.3, 0.4) is 0 Å². The molecule has 0 saturated carbocycles. The number of benzene rings is 2. The Bertz CT molecular complexity index is 928. The fourth-order valence-corrected chi connectivity index (χ4v) is 3.12. The molecule has 0 bridgehead atoms. The number of rotatable bonds is 6. The molecule has 27 heavy (non-hydrogen) atoms. The number of para-hydroxylation sites is 2. The highest BCUT2D eigenvalue weighted by Gasteiger charge is 2.25. The Morgan fingerprint density at radius 2 is 1.70 bits per heavy atom. The monoisotopic (exact) mass is 360 g/mol. The fraction of sp³-hybridized carbons (Fsp3) is 0.182. The van der Waals surface area contributed by atoms with E-state index in [0.29, 0.717) is 24.7 Å². The Hall–Kier alpha value is -3.34. The molecule has 0 atom stereocenters. The molecule has 0 radical (unpaired) electrons. The normalized spacial score (nSPS) is 12.5. The number of nitrogens with zero attached hydrogens (tertiary/aromatic N) is 2. The van der Waals surface area contributed by atoms with Crippen LogP contribution in [-0.4, -0.2) is 24.0 Å². The van der Waals surface area contributed by atoms with Gasteiger partial charge in [-0.2, -0.15) is 0 Å². The second-order valence-electron chi connectivity index (χ2n) is 6.31. The summed E-state index contributed by atoms with van der Waals surface area (Å²) in [7, 11) is 0. The van der Waals surface area contributed by atoms with E-state index in [1.54, 1.807) is 17.3 Å². The van der Waals surface area contributed by atoms with Gasteiger partial charge in [0.05, 0.1) is 11.9 Å². The summed E-state index contributed by atoms with van der Waals surface area (Å²) in [5, 5.41) is 0. The minimum absolute atomic E-state index is 0.0416. The predicted octanol–water partition coefficient (Wildman–Crippen LogP) is 3.63.